The number of hydrogen-bond acceptors (Lipinski definition) is 3. The van der Waals surface area contributed by atoms with Gasteiger partial charge in [0.15, 0.2) is 0 Å². The first-order chi connectivity index (χ1) is 18.9. The van der Waals surface area contributed by atoms with Gasteiger partial charge in [-0.2, -0.15) is 0 Å². The molecular formula is C34H19N3S. The number of rotatable bonds is 1. The third-order valence-electron chi connectivity index (χ3n) is 7.94. The van der Waals surface area contributed by atoms with Crippen molar-refractivity contribution in [3.05, 3.63) is 116 Å². The fraction of sp³-hybridized carbons (Fsp3) is 0. The Morgan fingerprint density at radius 1 is 0.553 bits per heavy atom. The molecule has 3 aromatic heterocycles. The molecule has 3 nitrogen and oxygen atoms in total. The van der Waals surface area contributed by atoms with E-state index in [2.05, 4.69) is 118 Å². The third kappa shape index (κ3) is 2.57. The van der Waals surface area contributed by atoms with Gasteiger partial charge in [0.2, 0.25) is 0 Å². The minimum atomic E-state index is 1.02. The van der Waals surface area contributed by atoms with Gasteiger partial charge in [-0.15, -0.1) is 11.3 Å². The maximum absolute atomic E-state index is 4.58. The van der Waals surface area contributed by atoms with Gasteiger partial charge in [-0.05, 0) is 56.6 Å². The van der Waals surface area contributed by atoms with E-state index in [0.717, 1.165) is 15.9 Å². The molecule has 0 aliphatic rings. The van der Waals surface area contributed by atoms with Gasteiger partial charge in [0.05, 0.1) is 11.0 Å². The lowest BCUT2D eigenvalue weighted by molar-refractivity contribution is 1.19. The zero-order valence-electron chi connectivity index (χ0n) is 20.2. The number of nitrogens with zero attached hydrogens (tertiary/aromatic N) is 3. The molecule has 176 valence electrons. The molecular weight excluding hydrogens is 482 g/mol. The fourth-order valence-corrected chi connectivity index (χ4v) is 7.38. The zero-order valence-corrected chi connectivity index (χ0v) is 21.0. The Morgan fingerprint density at radius 3 is 1.95 bits per heavy atom. The molecule has 0 atom stereocenters. The van der Waals surface area contributed by atoms with Gasteiger partial charge >= 0.3 is 0 Å². The topological polar surface area (TPSA) is 30.7 Å². The first-order valence-corrected chi connectivity index (χ1v) is 13.6. The Labute approximate surface area is 221 Å². The van der Waals surface area contributed by atoms with Gasteiger partial charge in [0.1, 0.15) is 11.2 Å². The Bertz CT molecular complexity index is 2380. The van der Waals surface area contributed by atoms with Crippen molar-refractivity contribution < 1.29 is 0 Å². The van der Waals surface area contributed by atoms with Gasteiger partial charge < -0.3 is 4.57 Å². The molecule has 0 N–H and O–H groups in total. The van der Waals surface area contributed by atoms with Gasteiger partial charge in [0, 0.05) is 38.1 Å². The van der Waals surface area contributed by atoms with Gasteiger partial charge in [0.25, 0.3) is 0 Å². The van der Waals surface area contributed by atoms with Crippen molar-refractivity contribution in [3.63, 3.8) is 0 Å². The second-order valence-corrected chi connectivity index (χ2v) is 10.9. The van der Waals surface area contributed by atoms with Crippen LogP contribution in [0.25, 0.3) is 80.1 Å². The summed E-state index contributed by atoms with van der Waals surface area (Å²) >= 11 is 1.73. The Morgan fingerprint density at radius 2 is 1.18 bits per heavy atom. The van der Waals surface area contributed by atoms with Crippen molar-refractivity contribution in [3.8, 4) is 5.69 Å². The molecule has 38 heavy (non-hydrogen) atoms. The highest BCUT2D eigenvalue weighted by Crippen LogP contribution is 2.43. The van der Waals surface area contributed by atoms with E-state index >= 15 is 0 Å². The highest BCUT2D eigenvalue weighted by atomic mass is 32.1. The number of benzene rings is 6. The molecule has 0 aliphatic carbocycles. The normalized spacial score (nSPS) is 12.2. The number of fused-ring (bicyclic) bond motifs is 13. The van der Waals surface area contributed by atoms with Crippen molar-refractivity contribution in [2.75, 3.05) is 0 Å². The molecule has 0 saturated carbocycles. The minimum absolute atomic E-state index is 1.02. The van der Waals surface area contributed by atoms with E-state index in [1.54, 1.807) is 17.7 Å². The molecule has 0 unspecified atom stereocenters. The Balaban J connectivity index is 1.50. The van der Waals surface area contributed by atoms with E-state index < -0.39 is 0 Å². The van der Waals surface area contributed by atoms with Gasteiger partial charge in [-0.3, -0.25) is 0 Å². The first-order valence-electron chi connectivity index (χ1n) is 12.7. The van der Waals surface area contributed by atoms with Crippen LogP contribution in [0, 0.1) is 0 Å². The van der Waals surface area contributed by atoms with Gasteiger partial charge in [-0.1, -0.05) is 78.9 Å². The summed E-state index contributed by atoms with van der Waals surface area (Å²) in [5, 5.41) is 12.6. The summed E-state index contributed by atoms with van der Waals surface area (Å²) < 4.78 is 3.67. The lowest BCUT2D eigenvalue weighted by atomic mass is 9.94. The lowest BCUT2D eigenvalue weighted by Gasteiger charge is -2.14. The minimum Gasteiger partial charge on any atom is -0.309 e. The molecule has 0 radical (unpaired) electrons. The predicted molar refractivity (Wildman–Crippen MR) is 162 cm³/mol. The van der Waals surface area contributed by atoms with Crippen molar-refractivity contribution in [2.24, 2.45) is 0 Å². The Hall–Kier alpha value is -4.80. The molecule has 3 heterocycles. The molecule has 9 rings (SSSR count). The van der Waals surface area contributed by atoms with Crippen LogP contribution in [0.3, 0.4) is 0 Å². The average Bonchev–Trinajstić information content (AvgIpc) is 3.53. The van der Waals surface area contributed by atoms with Crippen LogP contribution in [0.2, 0.25) is 0 Å². The first kappa shape index (κ1) is 20.3. The van der Waals surface area contributed by atoms with Crippen LogP contribution in [0.5, 0.6) is 0 Å². The highest BCUT2D eigenvalue weighted by molar-refractivity contribution is 7.25. The predicted octanol–water partition coefficient (Wildman–Crippen LogP) is 9.40. The number of thiophene rings is 1. The van der Waals surface area contributed by atoms with Crippen LogP contribution in [-0.4, -0.2) is 14.5 Å². The average molecular weight is 502 g/mol. The van der Waals surface area contributed by atoms with Gasteiger partial charge in [-0.25, -0.2) is 9.97 Å². The van der Waals surface area contributed by atoms with Crippen LogP contribution in [0.15, 0.2) is 116 Å². The smallest absolute Gasteiger partial charge is 0.127 e. The zero-order chi connectivity index (χ0) is 24.8. The molecule has 0 spiro atoms. The van der Waals surface area contributed by atoms with Crippen molar-refractivity contribution in [1.29, 1.82) is 0 Å². The third-order valence-corrected chi connectivity index (χ3v) is 9.01. The summed E-state index contributed by atoms with van der Waals surface area (Å²) in [5.74, 6) is 0. The molecule has 9 aromatic rings. The van der Waals surface area contributed by atoms with E-state index in [9.17, 15) is 0 Å². The van der Waals surface area contributed by atoms with Crippen LogP contribution < -0.4 is 0 Å². The summed E-state index contributed by atoms with van der Waals surface area (Å²) in [7, 11) is 0. The summed E-state index contributed by atoms with van der Waals surface area (Å²) in [6, 6.07) is 37.7. The van der Waals surface area contributed by atoms with Crippen LogP contribution in [0.4, 0.5) is 0 Å². The second kappa shape index (κ2) is 7.37. The van der Waals surface area contributed by atoms with Crippen LogP contribution in [0.1, 0.15) is 0 Å². The van der Waals surface area contributed by atoms with Crippen molar-refractivity contribution in [1.82, 2.24) is 14.5 Å². The molecule has 0 saturated heterocycles. The number of hydrogen-bond donors (Lipinski definition) is 0. The largest absolute Gasteiger partial charge is 0.309 e. The van der Waals surface area contributed by atoms with E-state index in [1.807, 2.05) is 6.20 Å². The van der Waals surface area contributed by atoms with E-state index in [0.29, 0.717) is 0 Å². The molecule has 4 heteroatoms. The van der Waals surface area contributed by atoms with E-state index in [1.165, 1.54) is 64.2 Å². The van der Waals surface area contributed by atoms with E-state index in [4.69, 9.17) is 0 Å². The van der Waals surface area contributed by atoms with Crippen molar-refractivity contribution in [2.45, 2.75) is 0 Å². The SMILES string of the molecule is c1ccc2c(c1)c1ccccc1c1cc(-n3c4ccccc4c4ccc5sc6ncncc6c5c43)ccc21. The summed E-state index contributed by atoms with van der Waals surface area (Å²) in [5.41, 5.74) is 3.58. The highest BCUT2D eigenvalue weighted by Gasteiger charge is 2.19. The quantitative estimate of drug-likeness (QED) is 0.210. The second-order valence-electron chi connectivity index (χ2n) is 9.85. The number of para-hydroxylation sites is 1. The maximum Gasteiger partial charge on any atom is 0.127 e. The summed E-state index contributed by atoms with van der Waals surface area (Å²) in [6.07, 6.45) is 3.60. The molecule has 0 amide bonds. The summed E-state index contributed by atoms with van der Waals surface area (Å²) in [4.78, 5) is 10.00. The Kier molecular flexibility index (Phi) is 3.93. The maximum atomic E-state index is 4.58. The summed E-state index contributed by atoms with van der Waals surface area (Å²) in [6.45, 7) is 0. The van der Waals surface area contributed by atoms with Crippen molar-refractivity contribution >= 4 is 85.8 Å². The molecule has 0 fully saturated rings. The lowest BCUT2D eigenvalue weighted by Crippen LogP contribution is -1.95. The van der Waals surface area contributed by atoms with Crippen LogP contribution >= 0.6 is 11.3 Å². The molecule has 0 aliphatic heterocycles. The number of aromatic nitrogens is 3. The standard InChI is InChI=1S/C34H19N3S/c1-2-9-23-21(7-1)22-8-3-4-10-24(22)28-17-20(13-14-25(23)28)37-30-12-6-5-11-26(30)27-15-16-31-32(33(27)37)29-18-35-19-36-34(29)38-31/h1-19H. The molecule has 6 aromatic carbocycles. The fourth-order valence-electron chi connectivity index (χ4n) is 6.36. The van der Waals surface area contributed by atoms with Crippen LogP contribution in [-0.2, 0) is 0 Å². The van der Waals surface area contributed by atoms with E-state index in [-0.39, 0.29) is 0 Å². The molecule has 0 bridgehead atoms. The monoisotopic (exact) mass is 501 g/mol.